The third kappa shape index (κ3) is 6.73. The monoisotopic (exact) mass is 771 g/mol. The number of hydrogen-bond acceptors (Lipinski definition) is 6. The maximum absolute atomic E-state index is 14.6. The first-order valence-electron chi connectivity index (χ1n) is 15.0. The molecular weight excluding hydrogens is 741 g/mol. The van der Waals surface area contributed by atoms with Gasteiger partial charge in [0.25, 0.3) is 0 Å². The number of nitrogens with zero attached hydrogens (tertiary/aromatic N) is 5. The number of halogens is 1. The summed E-state index contributed by atoms with van der Waals surface area (Å²) in [6.45, 7) is 3.63. The van der Waals surface area contributed by atoms with Crippen LogP contribution in [0, 0.1) is 8.99 Å². The molecule has 0 spiro atoms. The number of benzene rings is 4. The minimum atomic E-state index is -4.23. The molecule has 48 heavy (non-hydrogen) atoms. The highest BCUT2D eigenvalue weighted by molar-refractivity contribution is 14.1. The van der Waals surface area contributed by atoms with Crippen molar-refractivity contribution in [2.75, 3.05) is 0 Å². The number of carboxylic acids is 1. The summed E-state index contributed by atoms with van der Waals surface area (Å²) in [6.07, 6.45) is -0.0655. The molecule has 1 N–H and O–H groups in total. The summed E-state index contributed by atoms with van der Waals surface area (Å²) in [5.74, 6) is -0.620. The Bertz CT molecular complexity index is 2330. The van der Waals surface area contributed by atoms with Gasteiger partial charge in [0.1, 0.15) is 17.3 Å². The van der Waals surface area contributed by atoms with Crippen molar-refractivity contribution in [3.8, 4) is 5.75 Å². The van der Waals surface area contributed by atoms with Gasteiger partial charge in [0.05, 0.1) is 27.0 Å². The summed E-state index contributed by atoms with van der Waals surface area (Å²) in [5.41, 5.74) is 11.3. The second-order valence-electron chi connectivity index (χ2n) is 12.0. The second kappa shape index (κ2) is 13.3. The molecule has 0 fully saturated rings. The highest BCUT2D eigenvalue weighted by Gasteiger charge is 2.36. The molecule has 0 saturated heterocycles. The van der Waals surface area contributed by atoms with Crippen molar-refractivity contribution in [2.45, 2.75) is 43.2 Å². The van der Waals surface area contributed by atoms with Gasteiger partial charge in [-0.05, 0) is 102 Å². The molecule has 2 aromatic heterocycles. The van der Waals surface area contributed by atoms with Crippen molar-refractivity contribution >= 4 is 65.9 Å². The normalized spacial score (nSPS) is 11.8. The predicted molar refractivity (Wildman–Crippen MR) is 192 cm³/mol. The fraction of sp³-hybridized carbons (Fsp3) is 0.167. The minimum absolute atomic E-state index is 0.00292. The van der Waals surface area contributed by atoms with Gasteiger partial charge in [0.2, 0.25) is 9.84 Å². The van der Waals surface area contributed by atoms with Crippen molar-refractivity contribution in [3.63, 3.8) is 0 Å². The molecule has 10 nitrogen and oxygen atoms in total. The average molecular weight is 772 g/mol. The van der Waals surface area contributed by atoms with Crippen molar-refractivity contribution in [1.29, 1.82) is 0 Å². The lowest BCUT2D eigenvalue weighted by Gasteiger charge is -2.22. The zero-order valence-electron chi connectivity index (χ0n) is 26.0. The largest absolute Gasteiger partial charge is 0.487 e. The van der Waals surface area contributed by atoms with Crippen LogP contribution in [0.1, 0.15) is 30.8 Å². The molecule has 0 aliphatic carbocycles. The maximum atomic E-state index is 14.6. The van der Waals surface area contributed by atoms with Crippen LogP contribution in [-0.2, 0) is 34.2 Å². The summed E-state index contributed by atoms with van der Waals surface area (Å²) in [7, 11) is -4.23. The van der Waals surface area contributed by atoms with E-state index in [2.05, 4.69) is 37.6 Å². The Morgan fingerprint density at radius 1 is 1.00 bits per heavy atom. The maximum Gasteiger partial charge on any atom is 0.309 e. The SMILES string of the molecule is CC(C)(Cc1c(S(=O)(=O)c2ccc(N=[N+]=[N-])cc2)c2cc(OCc3ccc4ccccc4n3)ccc2n1Cc1ccc(I)cc1)C(=O)O. The van der Waals surface area contributed by atoms with Crippen LogP contribution in [0.5, 0.6) is 5.75 Å². The molecule has 0 aliphatic heterocycles. The number of rotatable bonds is 11. The summed E-state index contributed by atoms with van der Waals surface area (Å²) >= 11 is 2.23. The van der Waals surface area contributed by atoms with E-state index in [9.17, 15) is 18.3 Å². The molecule has 0 saturated carbocycles. The Kier molecular flexibility index (Phi) is 9.15. The first-order chi connectivity index (χ1) is 23.0. The van der Waals surface area contributed by atoms with Crippen molar-refractivity contribution in [1.82, 2.24) is 9.55 Å². The number of pyridine rings is 1. The smallest absolute Gasteiger partial charge is 0.309 e. The third-order valence-corrected chi connectivity index (χ3v) is 10.8. The van der Waals surface area contributed by atoms with Crippen LogP contribution in [-0.4, -0.2) is 29.0 Å². The molecule has 6 rings (SSSR count). The molecule has 0 bridgehead atoms. The Hall–Kier alpha value is -4.91. The van der Waals surface area contributed by atoms with Gasteiger partial charge in [-0.3, -0.25) is 4.79 Å². The number of aromatic nitrogens is 2. The van der Waals surface area contributed by atoms with Crippen LogP contribution in [0.2, 0.25) is 0 Å². The van der Waals surface area contributed by atoms with Gasteiger partial charge < -0.3 is 14.4 Å². The molecular formula is C36H30IN5O5S. The van der Waals surface area contributed by atoms with Crippen molar-refractivity contribution in [2.24, 2.45) is 10.5 Å². The molecule has 6 aromatic rings. The number of azide groups is 1. The van der Waals surface area contributed by atoms with Gasteiger partial charge in [-0.15, -0.1) is 0 Å². The van der Waals surface area contributed by atoms with Crippen molar-refractivity contribution < 1.29 is 23.1 Å². The zero-order chi connectivity index (χ0) is 34.1. The summed E-state index contributed by atoms with van der Waals surface area (Å²) < 4.78 is 38.3. The Balaban J connectivity index is 1.53. The van der Waals surface area contributed by atoms with Gasteiger partial charge in [0, 0.05) is 43.6 Å². The molecule has 0 radical (unpaired) electrons. The number of sulfone groups is 1. The summed E-state index contributed by atoms with van der Waals surface area (Å²) in [4.78, 5) is 19.9. The molecule has 0 atom stereocenters. The Morgan fingerprint density at radius 2 is 1.73 bits per heavy atom. The predicted octanol–water partition coefficient (Wildman–Crippen LogP) is 8.85. The number of carboxylic acid groups (broad SMARTS) is 1. The lowest BCUT2D eigenvalue weighted by Crippen LogP contribution is -2.28. The standard InChI is InChI=1S/C36H30IN5O5S/c1-36(2,35(43)44)20-33-34(48(45,46)29-16-13-26(14-17-29)40-41-38)30-19-28(47-22-27-12-9-24-5-3-4-6-31(24)39-27)15-18-32(30)42(33)21-23-7-10-25(37)11-8-23/h3-19H,20-22H2,1-2H3,(H,43,44). The number of aliphatic carboxylic acids is 1. The van der Waals surface area contributed by atoms with Gasteiger partial charge in [-0.1, -0.05) is 53.6 Å². The van der Waals surface area contributed by atoms with E-state index >= 15 is 0 Å². The second-order valence-corrected chi connectivity index (χ2v) is 15.1. The molecule has 12 heteroatoms. The van der Waals surface area contributed by atoms with Crippen LogP contribution in [0.4, 0.5) is 5.69 Å². The lowest BCUT2D eigenvalue weighted by atomic mass is 9.88. The molecule has 0 amide bonds. The first kappa shape index (κ1) is 33.0. The molecule has 242 valence electrons. The Morgan fingerprint density at radius 3 is 2.44 bits per heavy atom. The first-order valence-corrected chi connectivity index (χ1v) is 17.5. The number of carbonyl (C=O) groups is 1. The number of ether oxygens (including phenoxy) is 1. The topological polar surface area (TPSA) is 147 Å². The van der Waals surface area contributed by atoms with Crippen LogP contribution in [0.15, 0.2) is 118 Å². The summed E-state index contributed by atoms with van der Waals surface area (Å²) in [6, 6.07) is 30.5. The van der Waals surface area contributed by atoms with E-state index in [0.29, 0.717) is 34.6 Å². The Labute approximate surface area is 290 Å². The highest BCUT2D eigenvalue weighted by atomic mass is 127. The van der Waals surface area contributed by atoms with Gasteiger partial charge >= 0.3 is 5.97 Å². The van der Waals surface area contributed by atoms with E-state index in [1.165, 1.54) is 24.3 Å². The lowest BCUT2D eigenvalue weighted by molar-refractivity contribution is -0.146. The van der Waals surface area contributed by atoms with E-state index in [1.807, 2.05) is 71.3 Å². The third-order valence-electron chi connectivity index (χ3n) is 8.15. The summed E-state index contributed by atoms with van der Waals surface area (Å²) in [5, 5.41) is 15.1. The van der Waals surface area contributed by atoms with Crippen LogP contribution < -0.4 is 4.74 Å². The number of fused-ring (bicyclic) bond motifs is 2. The highest BCUT2D eigenvalue weighted by Crippen LogP contribution is 2.40. The molecule has 2 heterocycles. The fourth-order valence-corrected chi connectivity index (χ4v) is 7.61. The van der Waals surface area contributed by atoms with Gasteiger partial charge in [0.15, 0.2) is 0 Å². The van der Waals surface area contributed by atoms with E-state index in [1.54, 1.807) is 26.0 Å². The van der Waals surface area contributed by atoms with Gasteiger partial charge in [-0.25, -0.2) is 13.4 Å². The quantitative estimate of drug-likeness (QED) is 0.0603. The fourth-order valence-electron chi connectivity index (χ4n) is 5.58. The molecule has 4 aromatic carbocycles. The van der Waals surface area contributed by atoms with Crippen LogP contribution >= 0.6 is 22.6 Å². The number of para-hydroxylation sites is 1. The van der Waals surface area contributed by atoms with Gasteiger partial charge in [-0.2, -0.15) is 0 Å². The van der Waals surface area contributed by atoms with Crippen LogP contribution in [0.25, 0.3) is 32.2 Å². The van der Waals surface area contributed by atoms with Crippen molar-refractivity contribution in [3.05, 3.63) is 134 Å². The van der Waals surface area contributed by atoms with Crippen LogP contribution in [0.3, 0.4) is 0 Å². The van der Waals surface area contributed by atoms with E-state index < -0.39 is 21.2 Å². The van der Waals surface area contributed by atoms with E-state index in [-0.39, 0.29) is 28.5 Å². The molecule has 0 unspecified atom stereocenters. The number of hydrogen-bond donors (Lipinski definition) is 1. The zero-order valence-corrected chi connectivity index (χ0v) is 29.0. The average Bonchev–Trinajstić information content (AvgIpc) is 3.36. The minimum Gasteiger partial charge on any atom is -0.487 e. The molecule has 0 aliphatic rings. The van der Waals surface area contributed by atoms with E-state index in [4.69, 9.17) is 10.3 Å². The van der Waals surface area contributed by atoms with E-state index in [0.717, 1.165) is 20.0 Å².